The average molecular weight is 245 g/mol. The summed E-state index contributed by atoms with van der Waals surface area (Å²) in [7, 11) is 0. The first kappa shape index (κ1) is 12.2. The van der Waals surface area contributed by atoms with Crippen molar-refractivity contribution < 1.29 is 17.9 Å². The van der Waals surface area contributed by atoms with Crippen LogP contribution >= 0.6 is 0 Å². The van der Waals surface area contributed by atoms with Crippen LogP contribution < -0.4 is 10.1 Å². The topological polar surface area (TPSA) is 21.3 Å². The highest BCUT2D eigenvalue weighted by atomic mass is 19.1. The molecule has 1 heterocycles. The van der Waals surface area contributed by atoms with Gasteiger partial charge in [-0.15, -0.1) is 0 Å². The van der Waals surface area contributed by atoms with Crippen molar-refractivity contribution in [1.29, 1.82) is 0 Å². The molecule has 5 heteroatoms. The van der Waals surface area contributed by atoms with Crippen molar-refractivity contribution in [3.8, 4) is 5.75 Å². The van der Waals surface area contributed by atoms with E-state index in [9.17, 15) is 13.2 Å². The lowest BCUT2D eigenvalue weighted by molar-refractivity contribution is 0.0525. The maximum Gasteiger partial charge on any atom is 0.191 e. The number of rotatable bonds is 2. The first-order chi connectivity index (χ1) is 8.00. The van der Waals surface area contributed by atoms with Crippen LogP contribution in [0.15, 0.2) is 12.1 Å². The number of halogens is 3. The first-order valence-electron chi connectivity index (χ1n) is 5.54. The Bertz CT molecular complexity index is 393. The molecule has 0 radical (unpaired) electrons. The molecular weight excluding hydrogens is 231 g/mol. The molecule has 1 aliphatic heterocycles. The lowest BCUT2D eigenvalue weighted by Crippen LogP contribution is -2.47. The molecule has 1 aromatic rings. The third-order valence-corrected chi connectivity index (χ3v) is 2.87. The minimum absolute atomic E-state index is 0.502. The number of hydrogen-bond donors (Lipinski definition) is 1. The Hall–Kier alpha value is -1.23. The molecule has 0 amide bonds. The van der Waals surface area contributed by atoms with E-state index in [4.69, 9.17) is 4.74 Å². The third-order valence-electron chi connectivity index (χ3n) is 2.87. The Kier molecular flexibility index (Phi) is 3.28. The Morgan fingerprint density at radius 1 is 1.24 bits per heavy atom. The lowest BCUT2D eigenvalue weighted by atomic mass is 9.96. The standard InChI is InChI=1S/C12H14F3NO/c1-12(3-2-4-16-7-12)17-11-9(14)5-8(13)6-10(11)15/h5-6,16H,2-4,7H2,1H3. The van der Waals surface area contributed by atoms with E-state index < -0.39 is 28.8 Å². The Balaban J connectivity index is 2.23. The molecule has 0 spiro atoms. The van der Waals surface area contributed by atoms with E-state index in [1.807, 2.05) is 0 Å². The Morgan fingerprint density at radius 2 is 1.88 bits per heavy atom. The summed E-state index contributed by atoms with van der Waals surface area (Å²) in [4.78, 5) is 0. The van der Waals surface area contributed by atoms with Crippen molar-refractivity contribution in [1.82, 2.24) is 5.32 Å². The van der Waals surface area contributed by atoms with Crippen LogP contribution in [0.25, 0.3) is 0 Å². The largest absolute Gasteiger partial charge is 0.480 e. The number of benzene rings is 1. The molecule has 1 saturated heterocycles. The van der Waals surface area contributed by atoms with Gasteiger partial charge in [-0.05, 0) is 26.3 Å². The summed E-state index contributed by atoms with van der Waals surface area (Å²) in [5.41, 5.74) is -0.655. The molecule has 1 unspecified atom stereocenters. The van der Waals surface area contributed by atoms with Crippen molar-refractivity contribution in [2.75, 3.05) is 13.1 Å². The van der Waals surface area contributed by atoms with Crippen molar-refractivity contribution in [2.45, 2.75) is 25.4 Å². The smallest absolute Gasteiger partial charge is 0.191 e. The van der Waals surface area contributed by atoms with Gasteiger partial charge in [-0.2, -0.15) is 0 Å². The van der Waals surface area contributed by atoms with Gasteiger partial charge in [0, 0.05) is 18.7 Å². The molecule has 2 rings (SSSR count). The second-order valence-corrected chi connectivity index (χ2v) is 4.53. The van der Waals surface area contributed by atoms with Crippen LogP contribution in [-0.2, 0) is 0 Å². The maximum atomic E-state index is 13.4. The van der Waals surface area contributed by atoms with E-state index >= 15 is 0 Å². The molecule has 17 heavy (non-hydrogen) atoms. The number of hydrogen-bond acceptors (Lipinski definition) is 2. The predicted octanol–water partition coefficient (Wildman–Crippen LogP) is 2.62. The van der Waals surface area contributed by atoms with Crippen LogP contribution in [-0.4, -0.2) is 18.7 Å². The molecule has 1 atom stereocenters. The molecule has 0 aromatic heterocycles. The first-order valence-corrected chi connectivity index (χ1v) is 5.54. The summed E-state index contributed by atoms with van der Waals surface area (Å²) >= 11 is 0. The lowest BCUT2D eigenvalue weighted by Gasteiger charge is -2.34. The Morgan fingerprint density at radius 3 is 2.41 bits per heavy atom. The minimum atomic E-state index is -1.01. The van der Waals surface area contributed by atoms with Crippen molar-refractivity contribution in [3.63, 3.8) is 0 Å². The van der Waals surface area contributed by atoms with Crippen LogP contribution in [0.5, 0.6) is 5.75 Å². The van der Waals surface area contributed by atoms with Crippen molar-refractivity contribution in [3.05, 3.63) is 29.6 Å². The highest BCUT2D eigenvalue weighted by Crippen LogP contribution is 2.29. The molecule has 1 fully saturated rings. The monoisotopic (exact) mass is 245 g/mol. The minimum Gasteiger partial charge on any atom is -0.480 e. The van der Waals surface area contributed by atoms with Gasteiger partial charge in [-0.3, -0.25) is 0 Å². The zero-order chi connectivity index (χ0) is 12.5. The molecule has 0 saturated carbocycles. The number of ether oxygens (including phenoxy) is 1. The molecule has 1 N–H and O–H groups in total. The van der Waals surface area contributed by atoms with E-state index in [-0.39, 0.29) is 0 Å². The van der Waals surface area contributed by atoms with Crippen LogP contribution in [0.4, 0.5) is 13.2 Å². The molecule has 1 aromatic carbocycles. The number of nitrogens with one attached hydrogen (secondary N) is 1. The predicted molar refractivity (Wildman–Crippen MR) is 57.5 cm³/mol. The van der Waals surface area contributed by atoms with E-state index in [1.165, 1.54) is 0 Å². The zero-order valence-corrected chi connectivity index (χ0v) is 9.53. The molecular formula is C12H14F3NO. The normalized spacial score (nSPS) is 24.7. The third kappa shape index (κ3) is 2.72. The fraction of sp³-hybridized carbons (Fsp3) is 0.500. The second kappa shape index (κ2) is 4.56. The van der Waals surface area contributed by atoms with Crippen molar-refractivity contribution >= 4 is 0 Å². The molecule has 0 bridgehead atoms. The van der Waals surface area contributed by atoms with Gasteiger partial charge in [0.1, 0.15) is 11.4 Å². The van der Waals surface area contributed by atoms with E-state index in [2.05, 4.69) is 5.32 Å². The zero-order valence-electron chi connectivity index (χ0n) is 9.53. The summed E-state index contributed by atoms with van der Waals surface area (Å²) in [5, 5.41) is 3.10. The van der Waals surface area contributed by atoms with Gasteiger partial charge >= 0.3 is 0 Å². The van der Waals surface area contributed by atoms with Gasteiger partial charge in [0.15, 0.2) is 17.4 Å². The molecule has 1 aliphatic rings. The fourth-order valence-corrected chi connectivity index (χ4v) is 1.99. The van der Waals surface area contributed by atoms with Crippen LogP contribution in [0.1, 0.15) is 19.8 Å². The van der Waals surface area contributed by atoms with Crippen LogP contribution in [0.2, 0.25) is 0 Å². The van der Waals surface area contributed by atoms with Gasteiger partial charge in [0.05, 0.1) is 0 Å². The molecule has 2 nitrogen and oxygen atoms in total. The van der Waals surface area contributed by atoms with E-state index in [0.29, 0.717) is 25.1 Å². The van der Waals surface area contributed by atoms with Gasteiger partial charge in [0.2, 0.25) is 0 Å². The summed E-state index contributed by atoms with van der Waals surface area (Å²) in [6.45, 7) is 3.16. The van der Waals surface area contributed by atoms with Gasteiger partial charge < -0.3 is 10.1 Å². The van der Waals surface area contributed by atoms with Gasteiger partial charge in [0.25, 0.3) is 0 Å². The maximum absolute atomic E-state index is 13.4. The fourth-order valence-electron chi connectivity index (χ4n) is 1.99. The number of piperidine rings is 1. The van der Waals surface area contributed by atoms with Crippen molar-refractivity contribution in [2.24, 2.45) is 0 Å². The van der Waals surface area contributed by atoms with Crippen LogP contribution in [0.3, 0.4) is 0 Å². The second-order valence-electron chi connectivity index (χ2n) is 4.53. The summed E-state index contributed by atoms with van der Waals surface area (Å²) in [5.74, 6) is -3.46. The summed E-state index contributed by atoms with van der Waals surface area (Å²) in [6.07, 6.45) is 1.58. The summed E-state index contributed by atoms with van der Waals surface area (Å²) < 4.78 is 44.9. The quantitative estimate of drug-likeness (QED) is 0.864. The highest BCUT2D eigenvalue weighted by molar-refractivity contribution is 5.28. The highest BCUT2D eigenvalue weighted by Gasteiger charge is 2.31. The molecule has 0 aliphatic carbocycles. The van der Waals surface area contributed by atoms with E-state index in [0.717, 1.165) is 13.0 Å². The Labute approximate surface area is 97.8 Å². The molecule has 94 valence electrons. The van der Waals surface area contributed by atoms with E-state index in [1.54, 1.807) is 6.92 Å². The SMILES string of the molecule is CC1(Oc2c(F)cc(F)cc2F)CCCNC1. The average Bonchev–Trinajstić information content (AvgIpc) is 2.24. The van der Waals surface area contributed by atoms with Gasteiger partial charge in [-0.1, -0.05) is 0 Å². The van der Waals surface area contributed by atoms with Gasteiger partial charge in [-0.25, -0.2) is 13.2 Å². The van der Waals surface area contributed by atoms with Crippen LogP contribution in [0, 0.1) is 17.5 Å². The summed E-state index contributed by atoms with van der Waals surface area (Å²) in [6, 6.07) is 1.25.